The van der Waals surface area contributed by atoms with Gasteiger partial charge in [-0.2, -0.15) is 16.4 Å². The maximum absolute atomic E-state index is 12.7. The fourth-order valence-electron chi connectivity index (χ4n) is 2.39. The summed E-state index contributed by atoms with van der Waals surface area (Å²) in [5, 5.41) is 14.3. The average molecular weight is 327 g/mol. The van der Waals surface area contributed by atoms with E-state index in [1.807, 2.05) is 35.9 Å². The molecule has 6 heteroatoms. The van der Waals surface area contributed by atoms with Gasteiger partial charge in [-0.3, -0.25) is 9.89 Å². The van der Waals surface area contributed by atoms with Crippen molar-refractivity contribution in [2.75, 3.05) is 12.4 Å². The van der Waals surface area contributed by atoms with E-state index in [9.17, 15) is 4.79 Å². The lowest BCUT2D eigenvalue weighted by Crippen LogP contribution is -2.14. The van der Waals surface area contributed by atoms with E-state index in [1.165, 1.54) is 0 Å². The SMILES string of the molecule is CCc1[nH]nc(-c2ccsc2)c1NC(=O)c1ccccc1OC. The summed E-state index contributed by atoms with van der Waals surface area (Å²) >= 11 is 1.59. The van der Waals surface area contributed by atoms with Crippen molar-refractivity contribution in [3.8, 4) is 17.0 Å². The number of nitrogens with one attached hydrogen (secondary N) is 2. The first kappa shape index (κ1) is 15.3. The molecule has 0 bridgehead atoms. The summed E-state index contributed by atoms with van der Waals surface area (Å²) in [4.78, 5) is 12.7. The Kier molecular flexibility index (Phi) is 4.43. The third-order valence-corrected chi connectivity index (χ3v) is 4.26. The van der Waals surface area contributed by atoms with Crippen LogP contribution in [0, 0.1) is 0 Å². The van der Waals surface area contributed by atoms with Gasteiger partial charge in [0.2, 0.25) is 0 Å². The van der Waals surface area contributed by atoms with Gasteiger partial charge in [0.05, 0.1) is 24.1 Å². The number of amides is 1. The summed E-state index contributed by atoms with van der Waals surface area (Å²) in [6, 6.07) is 9.14. The first-order valence-electron chi connectivity index (χ1n) is 7.28. The Labute approximate surface area is 138 Å². The first-order chi connectivity index (χ1) is 11.2. The Morgan fingerprint density at radius 2 is 2.17 bits per heavy atom. The van der Waals surface area contributed by atoms with Crippen molar-refractivity contribution < 1.29 is 9.53 Å². The van der Waals surface area contributed by atoms with Crippen LogP contribution in [0.3, 0.4) is 0 Å². The predicted octanol–water partition coefficient (Wildman–Crippen LogP) is 3.96. The molecule has 0 saturated heterocycles. The molecule has 0 aliphatic rings. The standard InChI is InChI=1S/C17H17N3O2S/c1-3-13-16(15(20-19-13)11-8-9-23-10-11)18-17(21)12-6-4-5-7-14(12)22-2/h4-10H,3H2,1-2H3,(H,18,21)(H,19,20). The minimum atomic E-state index is -0.213. The van der Waals surface area contributed by atoms with Gasteiger partial charge in [-0.05, 0) is 30.0 Å². The number of ether oxygens (including phenoxy) is 1. The van der Waals surface area contributed by atoms with Crippen LogP contribution >= 0.6 is 11.3 Å². The van der Waals surface area contributed by atoms with Crippen molar-refractivity contribution in [1.82, 2.24) is 10.2 Å². The Morgan fingerprint density at radius 1 is 1.35 bits per heavy atom. The number of carbonyl (C=O) groups excluding carboxylic acids is 1. The van der Waals surface area contributed by atoms with E-state index in [0.29, 0.717) is 11.3 Å². The van der Waals surface area contributed by atoms with Gasteiger partial charge in [-0.25, -0.2) is 0 Å². The van der Waals surface area contributed by atoms with Gasteiger partial charge in [0, 0.05) is 10.9 Å². The molecule has 1 amide bonds. The molecule has 0 unspecified atom stereocenters. The Morgan fingerprint density at radius 3 is 2.87 bits per heavy atom. The molecule has 2 N–H and O–H groups in total. The highest BCUT2D eigenvalue weighted by Crippen LogP contribution is 2.31. The number of aromatic nitrogens is 2. The molecule has 1 aromatic carbocycles. The first-order valence-corrected chi connectivity index (χ1v) is 8.23. The minimum absolute atomic E-state index is 0.213. The maximum Gasteiger partial charge on any atom is 0.259 e. The lowest BCUT2D eigenvalue weighted by molar-refractivity contribution is 0.102. The molecular formula is C17H17N3O2S. The average Bonchev–Trinajstić information content (AvgIpc) is 3.23. The summed E-state index contributed by atoms with van der Waals surface area (Å²) < 4.78 is 5.26. The molecule has 0 radical (unpaired) electrons. The van der Waals surface area contributed by atoms with Crippen LogP contribution in [0.5, 0.6) is 5.75 Å². The molecule has 2 heterocycles. The number of benzene rings is 1. The number of hydrogen-bond acceptors (Lipinski definition) is 4. The minimum Gasteiger partial charge on any atom is -0.496 e. The summed E-state index contributed by atoms with van der Waals surface area (Å²) in [7, 11) is 1.55. The number of thiophene rings is 1. The van der Waals surface area contributed by atoms with Gasteiger partial charge in [0.1, 0.15) is 11.4 Å². The Hall–Kier alpha value is -2.60. The summed E-state index contributed by atoms with van der Waals surface area (Å²) in [5.41, 5.74) is 3.86. The van der Waals surface area contributed by atoms with Gasteiger partial charge in [0.15, 0.2) is 0 Å². The lowest BCUT2D eigenvalue weighted by Gasteiger charge is -2.10. The molecule has 0 fully saturated rings. The van der Waals surface area contributed by atoms with E-state index in [2.05, 4.69) is 15.5 Å². The van der Waals surface area contributed by atoms with E-state index in [-0.39, 0.29) is 5.91 Å². The van der Waals surface area contributed by atoms with Crippen molar-refractivity contribution in [2.45, 2.75) is 13.3 Å². The molecule has 3 rings (SSSR count). The monoisotopic (exact) mass is 327 g/mol. The molecule has 2 aromatic heterocycles. The molecular weight excluding hydrogens is 310 g/mol. The van der Waals surface area contributed by atoms with Gasteiger partial charge >= 0.3 is 0 Å². The summed E-state index contributed by atoms with van der Waals surface area (Å²) in [6.45, 7) is 2.02. The van der Waals surface area contributed by atoms with Crippen molar-refractivity contribution in [2.24, 2.45) is 0 Å². The summed E-state index contributed by atoms with van der Waals surface area (Å²) in [6.07, 6.45) is 0.749. The number of aromatic amines is 1. The highest BCUT2D eigenvalue weighted by atomic mass is 32.1. The van der Waals surface area contributed by atoms with Crippen LogP contribution in [-0.4, -0.2) is 23.2 Å². The van der Waals surface area contributed by atoms with Crippen LogP contribution in [0.1, 0.15) is 23.0 Å². The molecule has 23 heavy (non-hydrogen) atoms. The molecule has 118 valence electrons. The quantitative estimate of drug-likeness (QED) is 0.745. The molecule has 0 saturated carbocycles. The van der Waals surface area contributed by atoms with Crippen molar-refractivity contribution in [3.63, 3.8) is 0 Å². The van der Waals surface area contributed by atoms with Gasteiger partial charge in [0.25, 0.3) is 5.91 Å². The topological polar surface area (TPSA) is 67.0 Å². The van der Waals surface area contributed by atoms with Crippen LogP contribution in [0.2, 0.25) is 0 Å². The number of aryl methyl sites for hydroxylation is 1. The second-order valence-electron chi connectivity index (χ2n) is 4.95. The zero-order valence-corrected chi connectivity index (χ0v) is 13.7. The van der Waals surface area contributed by atoms with E-state index in [4.69, 9.17) is 4.74 Å². The number of H-pyrrole nitrogens is 1. The molecule has 0 spiro atoms. The van der Waals surface area contributed by atoms with E-state index in [0.717, 1.165) is 29.1 Å². The largest absolute Gasteiger partial charge is 0.496 e. The number of methoxy groups -OCH3 is 1. The molecule has 0 aliphatic heterocycles. The van der Waals surface area contributed by atoms with Gasteiger partial charge in [-0.15, -0.1) is 0 Å². The zero-order chi connectivity index (χ0) is 16.2. The van der Waals surface area contributed by atoms with Crippen LogP contribution in [0.15, 0.2) is 41.1 Å². The van der Waals surface area contributed by atoms with Crippen LogP contribution in [0.4, 0.5) is 5.69 Å². The summed E-state index contributed by atoms with van der Waals surface area (Å²) in [5.74, 6) is 0.332. The van der Waals surface area contributed by atoms with E-state index < -0.39 is 0 Å². The smallest absolute Gasteiger partial charge is 0.259 e. The number of anilines is 1. The Balaban J connectivity index is 1.96. The second kappa shape index (κ2) is 6.66. The third-order valence-electron chi connectivity index (χ3n) is 3.58. The normalized spacial score (nSPS) is 10.5. The second-order valence-corrected chi connectivity index (χ2v) is 5.73. The predicted molar refractivity (Wildman–Crippen MR) is 92.2 cm³/mol. The van der Waals surface area contributed by atoms with Gasteiger partial charge in [-0.1, -0.05) is 19.1 Å². The van der Waals surface area contributed by atoms with Crippen molar-refractivity contribution in [1.29, 1.82) is 0 Å². The number of nitrogens with zero attached hydrogens (tertiary/aromatic N) is 1. The van der Waals surface area contributed by atoms with E-state index in [1.54, 1.807) is 30.6 Å². The zero-order valence-electron chi connectivity index (χ0n) is 12.9. The van der Waals surface area contributed by atoms with E-state index >= 15 is 0 Å². The van der Waals surface area contributed by atoms with Crippen LogP contribution < -0.4 is 10.1 Å². The van der Waals surface area contributed by atoms with Gasteiger partial charge < -0.3 is 10.1 Å². The highest BCUT2D eigenvalue weighted by molar-refractivity contribution is 7.08. The molecule has 0 atom stereocenters. The fraction of sp³-hybridized carbons (Fsp3) is 0.176. The number of carbonyl (C=O) groups is 1. The number of hydrogen-bond donors (Lipinski definition) is 2. The van der Waals surface area contributed by atoms with Crippen LogP contribution in [0.25, 0.3) is 11.3 Å². The number of rotatable bonds is 5. The fourth-order valence-corrected chi connectivity index (χ4v) is 3.03. The van der Waals surface area contributed by atoms with Crippen molar-refractivity contribution in [3.05, 3.63) is 52.3 Å². The molecule has 5 nitrogen and oxygen atoms in total. The highest BCUT2D eigenvalue weighted by Gasteiger charge is 2.19. The Bertz CT molecular complexity index is 809. The van der Waals surface area contributed by atoms with Crippen molar-refractivity contribution >= 4 is 22.9 Å². The lowest BCUT2D eigenvalue weighted by atomic mass is 10.1. The molecule has 3 aromatic rings. The molecule has 0 aliphatic carbocycles. The maximum atomic E-state index is 12.7. The number of para-hydroxylation sites is 1. The third kappa shape index (κ3) is 2.98. The van der Waals surface area contributed by atoms with Crippen LogP contribution in [-0.2, 0) is 6.42 Å².